The van der Waals surface area contributed by atoms with Crippen molar-refractivity contribution in [2.24, 2.45) is 5.10 Å². The number of hydrazone groups is 1. The normalized spacial score (nSPS) is 11.0. The molecule has 0 atom stereocenters. The van der Waals surface area contributed by atoms with Crippen molar-refractivity contribution in [3.63, 3.8) is 0 Å². The minimum absolute atomic E-state index is 0.147. The second kappa shape index (κ2) is 10.6. The number of carbonyl (C=O) groups excluding carboxylic acids is 1. The molecule has 0 saturated carbocycles. The lowest BCUT2D eigenvalue weighted by atomic mass is 10.2. The van der Waals surface area contributed by atoms with Crippen molar-refractivity contribution < 1.29 is 9.53 Å². The fourth-order valence-electron chi connectivity index (χ4n) is 3.13. The summed E-state index contributed by atoms with van der Waals surface area (Å²) in [5.41, 5.74) is 6.43. The first-order chi connectivity index (χ1) is 16.1. The number of methoxy groups -OCH3 is 1. The first-order valence-corrected chi connectivity index (χ1v) is 11.3. The molecule has 1 heterocycles. The molecule has 0 bridgehead atoms. The van der Waals surface area contributed by atoms with Gasteiger partial charge in [0, 0.05) is 11.3 Å². The summed E-state index contributed by atoms with van der Waals surface area (Å²) < 4.78 is 7.15. The lowest BCUT2D eigenvalue weighted by molar-refractivity contribution is -0.118. The SMILES string of the molecule is COc1cccc(C=NNC(=O)CSc2nnc(-c3ccccc3)n2-c2ccc(C)cc2)c1. The third kappa shape index (κ3) is 5.67. The van der Waals surface area contributed by atoms with E-state index in [4.69, 9.17) is 4.74 Å². The van der Waals surface area contributed by atoms with Gasteiger partial charge >= 0.3 is 0 Å². The first-order valence-electron chi connectivity index (χ1n) is 10.3. The Morgan fingerprint density at radius 1 is 1.06 bits per heavy atom. The molecule has 4 rings (SSSR count). The number of aromatic nitrogens is 3. The molecule has 166 valence electrons. The average Bonchev–Trinajstić information content (AvgIpc) is 3.28. The molecule has 3 aromatic carbocycles. The number of benzene rings is 3. The summed E-state index contributed by atoms with van der Waals surface area (Å²) in [7, 11) is 1.60. The Bertz CT molecular complexity index is 1250. The van der Waals surface area contributed by atoms with Gasteiger partial charge in [0.1, 0.15) is 5.75 Å². The van der Waals surface area contributed by atoms with Crippen molar-refractivity contribution in [1.82, 2.24) is 20.2 Å². The van der Waals surface area contributed by atoms with Crippen molar-refractivity contribution in [2.45, 2.75) is 12.1 Å². The molecule has 8 heteroatoms. The van der Waals surface area contributed by atoms with Gasteiger partial charge in [0.15, 0.2) is 11.0 Å². The topological polar surface area (TPSA) is 81.4 Å². The van der Waals surface area contributed by atoms with Gasteiger partial charge in [0.2, 0.25) is 0 Å². The van der Waals surface area contributed by atoms with Gasteiger partial charge in [0.05, 0.1) is 19.1 Å². The van der Waals surface area contributed by atoms with E-state index in [0.717, 1.165) is 34.0 Å². The van der Waals surface area contributed by atoms with E-state index in [-0.39, 0.29) is 11.7 Å². The Kier molecular flexibility index (Phi) is 7.16. The van der Waals surface area contributed by atoms with Gasteiger partial charge in [-0.1, -0.05) is 71.9 Å². The number of hydrogen-bond donors (Lipinski definition) is 1. The molecular weight excluding hydrogens is 434 g/mol. The second-order valence-electron chi connectivity index (χ2n) is 7.20. The van der Waals surface area contributed by atoms with Gasteiger partial charge in [-0.2, -0.15) is 5.10 Å². The van der Waals surface area contributed by atoms with Crippen LogP contribution >= 0.6 is 11.8 Å². The Morgan fingerprint density at radius 2 is 1.85 bits per heavy atom. The van der Waals surface area contributed by atoms with Crippen LogP contribution in [-0.4, -0.2) is 39.7 Å². The second-order valence-corrected chi connectivity index (χ2v) is 8.14. The molecule has 0 fully saturated rings. The maximum Gasteiger partial charge on any atom is 0.250 e. The van der Waals surface area contributed by atoms with Crippen LogP contribution in [0, 0.1) is 6.92 Å². The minimum Gasteiger partial charge on any atom is -0.497 e. The van der Waals surface area contributed by atoms with Crippen LogP contribution in [0.15, 0.2) is 89.1 Å². The molecule has 0 spiro atoms. The van der Waals surface area contributed by atoms with E-state index in [0.29, 0.717) is 5.16 Å². The highest BCUT2D eigenvalue weighted by Gasteiger charge is 2.17. The molecule has 7 nitrogen and oxygen atoms in total. The Hall–Kier alpha value is -3.91. The molecule has 0 saturated heterocycles. The van der Waals surface area contributed by atoms with Gasteiger partial charge in [-0.25, -0.2) is 5.43 Å². The van der Waals surface area contributed by atoms with Gasteiger partial charge in [0.25, 0.3) is 5.91 Å². The molecule has 1 aromatic heterocycles. The van der Waals surface area contributed by atoms with Gasteiger partial charge in [-0.05, 0) is 36.8 Å². The molecule has 1 amide bonds. The van der Waals surface area contributed by atoms with Crippen molar-refractivity contribution in [3.05, 3.63) is 90.0 Å². The zero-order valence-corrected chi connectivity index (χ0v) is 19.1. The number of thioether (sulfide) groups is 1. The molecule has 1 N–H and O–H groups in total. The number of carbonyl (C=O) groups is 1. The Morgan fingerprint density at radius 3 is 2.61 bits per heavy atom. The average molecular weight is 458 g/mol. The largest absolute Gasteiger partial charge is 0.497 e. The van der Waals surface area contributed by atoms with E-state index >= 15 is 0 Å². The highest BCUT2D eigenvalue weighted by molar-refractivity contribution is 7.99. The highest BCUT2D eigenvalue weighted by Crippen LogP contribution is 2.28. The lowest BCUT2D eigenvalue weighted by Gasteiger charge is -2.10. The van der Waals surface area contributed by atoms with Gasteiger partial charge in [-0.15, -0.1) is 10.2 Å². The number of nitrogens with zero attached hydrogens (tertiary/aromatic N) is 4. The maximum atomic E-state index is 12.4. The molecule has 0 unspecified atom stereocenters. The third-order valence-electron chi connectivity index (χ3n) is 4.79. The predicted molar refractivity (Wildman–Crippen MR) is 131 cm³/mol. The van der Waals surface area contributed by atoms with Crippen LogP contribution in [-0.2, 0) is 4.79 Å². The summed E-state index contributed by atoms with van der Waals surface area (Å²) in [6, 6.07) is 25.4. The van der Waals surface area contributed by atoms with E-state index in [9.17, 15) is 4.79 Å². The number of amides is 1. The summed E-state index contributed by atoms with van der Waals surface area (Å²) in [5, 5.41) is 13.4. The number of hydrogen-bond acceptors (Lipinski definition) is 6. The molecule has 0 aliphatic heterocycles. The van der Waals surface area contributed by atoms with Crippen LogP contribution in [0.4, 0.5) is 0 Å². The summed E-state index contributed by atoms with van der Waals surface area (Å²) in [5.74, 6) is 1.36. The van der Waals surface area contributed by atoms with E-state index in [2.05, 4.69) is 20.7 Å². The summed E-state index contributed by atoms with van der Waals surface area (Å²) in [4.78, 5) is 12.4. The number of aryl methyl sites for hydroxylation is 1. The van der Waals surface area contributed by atoms with Crippen LogP contribution in [0.2, 0.25) is 0 Å². The van der Waals surface area contributed by atoms with Crippen molar-refractivity contribution in [2.75, 3.05) is 12.9 Å². The summed E-state index contributed by atoms with van der Waals surface area (Å²) >= 11 is 1.31. The zero-order chi connectivity index (χ0) is 23.0. The monoisotopic (exact) mass is 457 g/mol. The standard InChI is InChI=1S/C25H23N5O2S/c1-18-11-13-21(14-12-18)30-24(20-8-4-3-5-9-20)28-29-25(30)33-17-23(31)27-26-16-19-7-6-10-22(15-19)32-2/h3-16H,17H2,1-2H3,(H,27,31). The van der Waals surface area contributed by atoms with Crippen molar-refractivity contribution >= 4 is 23.9 Å². The highest BCUT2D eigenvalue weighted by atomic mass is 32.2. The molecule has 33 heavy (non-hydrogen) atoms. The van der Waals surface area contributed by atoms with E-state index in [1.165, 1.54) is 11.8 Å². The van der Waals surface area contributed by atoms with Crippen molar-refractivity contribution in [1.29, 1.82) is 0 Å². The van der Waals surface area contributed by atoms with Crippen LogP contribution in [0.25, 0.3) is 17.1 Å². The third-order valence-corrected chi connectivity index (χ3v) is 5.72. The first kappa shape index (κ1) is 22.3. The molecule has 0 aliphatic rings. The smallest absolute Gasteiger partial charge is 0.250 e. The Labute approximate surface area is 196 Å². The summed E-state index contributed by atoms with van der Waals surface area (Å²) in [6.07, 6.45) is 1.58. The predicted octanol–water partition coefficient (Wildman–Crippen LogP) is 4.49. The van der Waals surface area contributed by atoms with E-state index in [1.54, 1.807) is 13.3 Å². The quantitative estimate of drug-likeness (QED) is 0.239. The maximum absolute atomic E-state index is 12.4. The van der Waals surface area contributed by atoms with E-state index in [1.807, 2.05) is 90.4 Å². The fraction of sp³-hybridized carbons (Fsp3) is 0.120. The lowest BCUT2D eigenvalue weighted by Crippen LogP contribution is -2.20. The van der Waals surface area contributed by atoms with Gasteiger partial charge in [-0.3, -0.25) is 9.36 Å². The zero-order valence-electron chi connectivity index (χ0n) is 18.3. The number of ether oxygens (including phenoxy) is 1. The van der Waals surface area contributed by atoms with Crippen LogP contribution in [0.1, 0.15) is 11.1 Å². The van der Waals surface area contributed by atoms with Gasteiger partial charge < -0.3 is 4.74 Å². The molecule has 4 aromatic rings. The summed E-state index contributed by atoms with van der Waals surface area (Å²) in [6.45, 7) is 2.04. The van der Waals surface area contributed by atoms with E-state index < -0.39 is 0 Å². The minimum atomic E-state index is -0.237. The van der Waals surface area contributed by atoms with Crippen LogP contribution in [0.5, 0.6) is 5.75 Å². The van der Waals surface area contributed by atoms with Crippen LogP contribution < -0.4 is 10.2 Å². The molecular formula is C25H23N5O2S. The van der Waals surface area contributed by atoms with Crippen LogP contribution in [0.3, 0.4) is 0 Å². The molecule has 0 aliphatic carbocycles. The number of nitrogens with one attached hydrogen (secondary N) is 1. The number of rotatable bonds is 8. The fourth-order valence-corrected chi connectivity index (χ4v) is 3.87. The molecule has 0 radical (unpaired) electrons. The Balaban J connectivity index is 1.48. The van der Waals surface area contributed by atoms with Crippen molar-refractivity contribution in [3.8, 4) is 22.8 Å².